The quantitative estimate of drug-likeness (QED) is 0.636. The van der Waals surface area contributed by atoms with E-state index < -0.39 is 19.4 Å². The number of para-hydroxylation sites is 1. The van der Waals surface area contributed by atoms with Gasteiger partial charge in [0.05, 0.1) is 11.7 Å². The predicted molar refractivity (Wildman–Crippen MR) is 103 cm³/mol. The van der Waals surface area contributed by atoms with Gasteiger partial charge in [-0.3, -0.25) is 4.79 Å². The van der Waals surface area contributed by atoms with Crippen LogP contribution in [0.15, 0.2) is 42.5 Å². The molecule has 0 saturated carbocycles. The summed E-state index contributed by atoms with van der Waals surface area (Å²) in [6.07, 6.45) is 0.556. The van der Waals surface area contributed by atoms with Crippen LogP contribution in [-0.2, 0) is 4.74 Å². The molecule has 166 valence electrons. The number of halogens is 4. The Morgan fingerprint density at radius 3 is 2.58 bits per heavy atom. The molecule has 0 radical (unpaired) electrons. The standard InChI is InChI=1S/C21H20F4N2O4/c22-20(23)30-12-7-8-15(17(10-12)31-21(24)25)18-26-16-6-2-1-5-14(16)19(28)27(18)11-13-4-3-9-29-13/h1-2,5-8,10,13,18,20-21,26H,3-4,9,11H2/t13-,18+/m1/s1. The Hall–Kier alpha value is -3.01. The summed E-state index contributed by atoms with van der Waals surface area (Å²) in [5.41, 5.74) is 1.14. The van der Waals surface area contributed by atoms with Crippen molar-refractivity contribution < 1.29 is 36.6 Å². The molecule has 1 N–H and O–H groups in total. The maximum absolute atomic E-state index is 13.3. The maximum atomic E-state index is 13.3. The fourth-order valence-electron chi connectivity index (χ4n) is 3.85. The van der Waals surface area contributed by atoms with Gasteiger partial charge in [0.15, 0.2) is 0 Å². The zero-order chi connectivity index (χ0) is 22.0. The van der Waals surface area contributed by atoms with Gasteiger partial charge in [-0.25, -0.2) is 0 Å². The number of fused-ring (bicyclic) bond motifs is 1. The van der Waals surface area contributed by atoms with Gasteiger partial charge in [-0.15, -0.1) is 0 Å². The van der Waals surface area contributed by atoms with E-state index in [1.807, 2.05) is 0 Å². The SMILES string of the molecule is O=C1c2ccccc2N[C@H](c2ccc(OC(F)F)cc2OC(F)F)N1C[C@H]1CCCO1. The molecule has 6 nitrogen and oxygen atoms in total. The average Bonchev–Trinajstić information content (AvgIpc) is 3.23. The van der Waals surface area contributed by atoms with Crippen molar-refractivity contribution >= 4 is 11.6 Å². The number of rotatable bonds is 7. The number of nitrogens with zero attached hydrogens (tertiary/aromatic N) is 1. The molecule has 2 aromatic rings. The van der Waals surface area contributed by atoms with Crippen molar-refractivity contribution in [1.82, 2.24) is 4.90 Å². The zero-order valence-electron chi connectivity index (χ0n) is 16.3. The highest BCUT2D eigenvalue weighted by Gasteiger charge is 2.37. The summed E-state index contributed by atoms with van der Waals surface area (Å²) in [5, 5.41) is 3.18. The number of ether oxygens (including phenoxy) is 3. The molecule has 31 heavy (non-hydrogen) atoms. The van der Waals surface area contributed by atoms with Gasteiger partial charge < -0.3 is 24.4 Å². The number of benzene rings is 2. The van der Waals surface area contributed by atoms with Crippen LogP contribution in [0.2, 0.25) is 0 Å². The largest absolute Gasteiger partial charge is 0.435 e. The number of nitrogens with one attached hydrogen (secondary N) is 1. The highest BCUT2D eigenvalue weighted by molar-refractivity contribution is 6.01. The highest BCUT2D eigenvalue weighted by Crippen LogP contribution is 2.39. The van der Waals surface area contributed by atoms with Crippen LogP contribution in [-0.4, -0.2) is 43.3 Å². The van der Waals surface area contributed by atoms with E-state index in [0.29, 0.717) is 17.9 Å². The van der Waals surface area contributed by atoms with Crippen molar-refractivity contribution in [2.24, 2.45) is 0 Å². The minimum absolute atomic E-state index is 0.183. The molecular formula is C21H20F4N2O4. The third kappa shape index (κ3) is 4.68. The Balaban J connectivity index is 1.74. The van der Waals surface area contributed by atoms with Crippen molar-refractivity contribution in [3.05, 3.63) is 53.6 Å². The van der Waals surface area contributed by atoms with Gasteiger partial charge in [-0.1, -0.05) is 12.1 Å². The fraction of sp³-hybridized carbons (Fsp3) is 0.381. The lowest BCUT2D eigenvalue weighted by molar-refractivity contribution is -0.0550. The van der Waals surface area contributed by atoms with Gasteiger partial charge in [-0.2, -0.15) is 17.6 Å². The molecule has 2 aliphatic rings. The molecule has 1 amide bonds. The first-order chi connectivity index (χ1) is 14.9. The summed E-state index contributed by atoms with van der Waals surface area (Å²) in [6, 6.07) is 10.3. The highest BCUT2D eigenvalue weighted by atomic mass is 19.3. The number of carbonyl (C=O) groups excluding carboxylic acids is 1. The van der Waals surface area contributed by atoms with E-state index in [1.165, 1.54) is 17.0 Å². The van der Waals surface area contributed by atoms with E-state index in [1.54, 1.807) is 24.3 Å². The Kier molecular flexibility index (Phi) is 6.17. The molecule has 4 rings (SSSR count). The van der Waals surface area contributed by atoms with Crippen LogP contribution in [0.3, 0.4) is 0 Å². The van der Waals surface area contributed by atoms with Crippen LogP contribution in [0.25, 0.3) is 0 Å². The lowest BCUT2D eigenvalue weighted by atomic mass is 10.0. The van der Waals surface area contributed by atoms with E-state index >= 15 is 0 Å². The van der Waals surface area contributed by atoms with Gasteiger partial charge in [-0.05, 0) is 37.1 Å². The van der Waals surface area contributed by atoms with E-state index in [9.17, 15) is 22.4 Å². The van der Waals surface area contributed by atoms with Gasteiger partial charge in [0, 0.05) is 30.5 Å². The number of hydrogen-bond acceptors (Lipinski definition) is 5. The van der Waals surface area contributed by atoms with Crippen LogP contribution in [0, 0.1) is 0 Å². The summed E-state index contributed by atoms with van der Waals surface area (Å²) in [5.74, 6) is -0.997. The second-order valence-electron chi connectivity index (χ2n) is 7.14. The minimum atomic E-state index is -3.20. The maximum Gasteiger partial charge on any atom is 0.387 e. The number of anilines is 1. The molecule has 0 bridgehead atoms. The van der Waals surface area contributed by atoms with E-state index in [0.717, 1.165) is 18.9 Å². The van der Waals surface area contributed by atoms with Crippen molar-refractivity contribution in [3.63, 3.8) is 0 Å². The molecule has 2 atom stereocenters. The summed E-state index contributed by atoms with van der Waals surface area (Å²) >= 11 is 0. The molecule has 0 unspecified atom stereocenters. The van der Waals surface area contributed by atoms with E-state index in [2.05, 4.69) is 14.8 Å². The Labute approximate surface area is 175 Å². The summed E-state index contributed by atoms with van der Waals surface area (Å²) in [6.45, 7) is -5.50. The number of carbonyl (C=O) groups is 1. The lowest BCUT2D eigenvalue weighted by Gasteiger charge is -2.39. The average molecular weight is 440 g/mol. The van der Waals surface area contributed by atoms with Gasteiger partial charge >= 0.3 is 13.2 Å². The second kappa shape index (κ2) is 9.01. The van der Waals surface area contributed by atoms with Crippen molar-refractivity contribution in [2.45, 2.75) is 38.3 Å². The molecule has 1 fully saturated rings. The first kappa shape index (κ1) is 21.2. The van der Waals surface area contributed by atoms with Crippen molar-refractivity contribution in [3.8, 4) is 11.5 Å². The Morgan fingerprint density at radius 1 is 1.10 bits per heavy atom. The van der Waals surface area contributed by atoms with Gasteiger partial charge in [0.2, 0.25) is 0 Å². The summed E-state index contributed by atoms with van der Waals surface area (Å²) in [7, 11) is 0. The van der Waals surface area contributed by atoms with Gasteiger partial charge in [0.25, 0.3) is 5.91 Å². The first-order valence-corrected chi connectivity index (χ1v) is 9.74. The second-order valence-corrected chi connectivity index (χ2v) is 7.14. The summed E-state index contributed by atoms with van der Waals surface area (Å²) < 4.78 is 65.9. The van der Waals surface area contributed by atoms with Crippen LogP contribution in [0.4, 0.5) is 23.2 Å². The van der Waals surface area contributed by atoms with Crippen molar-refractivity contribution in [1.29, 1.82) is 0 Å². The molecule has 0 spiro atoms. The zero-order valence-corrected chi connectivity index (χ0v) is 16.3. The van der Waals surface area contributed by atoms with Crippen LogP contribution >= 0.6 is 0 Å². The monoisotopic (exact) mass is 440 g/mol. The molecule has 1 saturated heterocycles. The van der Waals surface area contributed by atoms with E-state index in [4.69, 9.17) is 4.74 Å². The molecule has 2 aromatic carbocycles. The molecule has 0 aromatic heterocycles. The van der Waals surface area contributed by atoms with E-state index in [-0.39, 0.29) is 35.6 Å². The van der Waals surface area contributed by atoms with Crippen LogP contribution in [0.5, 0.6) is 11.5 Å². The number of amides is 1. The fourth-order valence-corrected chi connectivity index (χ4v) is 3.85. The first-order valence-electron chi connectivity index (χ1n) is 9.74. The molecular weight excluding hydrogens is 420 g/mol. The van der Waals surface area contributed by atoms with Crippen LogP contribution < -0.4 is 14.8 Å². The van der Waals surface area contributed by atoms with Gasteiger partial charge in [0.1, 0.15) is 17.7 Å². The Bertz CT molecular complexity index is 937. The number of hydrogen-bond donors (Lipinski definition) is 1. The lowest BCUT2D eigenvalue weighted by Crippen LogP contribution is -2.46. The van der Waals surface area contributed by atoms with Crippen LogP contribution in [0.1, 0.15) is 34.9 Å². The smallest absolute Gasteiger partial charge is 0.387 e. The predicted octanol–water partition coefficient (Wildman–Crippen LogP) is 4.63. The third-order valence-corrected chi connectivity index (χ3v) is 5.17. The number of alkyl halides is 4. The molecule has 2 aliphatic heterocycles. The topological polar surface area (TPSA) is 60.0 Å². The minimum Gasteiger partial charge on any atom is -0.435 e. The Morgan fingerprint density at radius 2 is 1.87 bits per heavy atom. The summed E-state index contributed by atoms with van der Waals surface area (Å²) in [4.78, 5) is 14.7. The molecule has 2 heterocycles. The normalized spacial score (nSPS) is 20.7. The molecule has 0 aliphatic carbocycles. The third-order valence-electron chi connectivity index (χ3n) is 5.17. The molecule has 10 heteroatoms. The van der Waals surface area contributed by atoms with Crippen molar-refractivity contribution in [2.75, 3.05) is 18.5 Å².